The van der Waals surface area contributed by atoms with Crippen LogP contribution in [-0.2, 0) is 4.79 Å². The average Bonchev–Trinajstić information content (AvgIpc) is 2.53. The summed E-state index contributed by atoms with van der Waals surface area (Å²) in [7, 11) is 0. The Balaban J connectivity index is 1.95. The van der Waals surface area contributed by atoms with E-state index in [1.54, 1.807) is 15.9 Å². The van der Waals surface area contributed by atoms with Crippen molar-refractivity contribution in [3.8, 4) is 0 Å². The fourth-order valence-electron chi connectivity index (χ4n) is 1.91. The second kappa shape index (κ2) is 6.65. The largest absolute Gasteiger partial charge is 0.351 e. The third-order valence-electron chi connectivity index (χ3n) is 3.05. The molecule has 0 saturated carbocycles. The molecule has 7 heteroatoms. The molecule has 0 spiro atoms. The molecule has 20 heavy (non-hydrogen) atoms. The summed E-state index contributed by atoms with van der Waals surface area (Å²) in [5.74, 6) is 0.359. The lowest BCUT2D eigenvalue weighted by Gasteiger charge is -2.32. The Morgan fingerprint density at radius 3 is 2.50 bits per heavy atom. The van der Waals surface area contributed by atoms with Crippen molar-refractivity contribution in [3.05, 3.63) is 30.6 Å². The standard InChI is InChI=1S/C13H17N5O2/c1-2-3-14-13-15-8-11(9-16-13)12(20)18-6-4-17(10-19)5-7-18/h2,8-10H,1,3-7H2,(H,14,15,16). The maximum atomic E-state index is 12.2. The summed E-state index contributed by atoms with van der Waals surface area (Å²) in [5.41, 5.74) is 0.453. The maximum Gasteiger partial charge on any atom is 0.257 e. The molecule has 1 N–H and O–H groups in total. The van der Waals surface area contributed by atoms with Crippen molar-refractivity contribution in [1.82, 2.24) is 19.8 Å². The van der Waals surface area contributed by atoms with E-state index in [-0.39, 0.29) is 5.91 Å². The van der Waals surface area contributed by atoms with Crippen LogP contribution in [0.5, 0.6) is 0 Å². The molecule has 0 unspecified atom stereocenters. The zero-order valence-electron chi connectivity index (χ0n) is 11.2. The number of piperazine rings is 1. The van der Waals surface area contributed by atoms with E-state index >= 15 is 0 Å². The van der Waals surface area contributed by atoms with Crippen LogP contribution in [0.3, 0.4) is 0 Å². The molecule has 2 rings (SSSR count). The van der Waals surface area contributed by atoms with E-state index in [0.29, 0.717) is 44.2 Å². The molecule has 0 radical (unpaired) electrons. The lowest BCUT2D eigenvalue weighted by molar-refractivity contribution is -0.119. The van der Waals surface area contributed by atoms with Crippen LogP contribution in [0.15, 0.2) is 25.0 Å². The highest BCUT2D eigenvalue weighted by atomic mass is 16.2. The Hall–Kier alpha value is -2.44. The van der Waals surface area contributed by atoms with Crippen LogP contribution in [-0.4, -0.2) is 64.8 Å². The minimum absolute atomic E-state index is 0.106. The van der Waals surface area contributed by atoms with Gasteiger partial charge in [-0.25, -0.2) is 9.97 Å². The number of nitrogens with zero attached hydrogens (tertiary/aromatic N) is 4. The third-order valence-corrected chi connectivity index (χ3v) is 3.05. The molecule has 1 aromatic rings. The predicted octanol–water partition coefficient (Wildman–Crippen LogP) is -0.0113. The normalized spacial score (nSPS) is 14.8. The molecular weight excluding hydrogens is 258 g/mol. The lowest BCUT2D eigenvalue weighted by Crippen LogP contribution is -2.48. The molecule has 1 saturated heterocycles. The van der Waals surface area contributed by atoms with Crippen molar-refractivity contribution in [3.63, 3.8) is 0 Å². The molecule has 1 aliphatic heterocycles. The van der Waals surface area contributed by atoms with Gasteiger partial charge in [0, 0.05) is 45.1 Å². The van der Waals surface area contributed by atoms with Crippen molar-refractivity contribution in [2.45, 2.75) is 0 Å². The van der Waals surface area contributed by atoms with Gasteiger partial charge in [0.2, 0.25) is 12.4 Å². The van der Waals surface area contributed by atoms with Crippen LogP contribution in [0.4, 0.5) is 5.95 Å². The molecule has 2 heterocycles. The van der Waals surface area contributed by atoms with Gasteiger partial charge in [0.1, 0.15) is 0 Å². The molecule has 1 aliphatic rings. The van der Waals surface area contributed by atoms with Gasteiger partial charge in [-0.05, 0) is 0 Å². The number of nitrogens with one attached hydrogen (secondary N) is 1. The van der Waals surface area contributed by atoms with Crippen LogP contribution < -0.4 is 5.32 Å². The van der Waals surface area contributed by atoms with E-state index in [4.69, 9.17) is 0 Å². The molecule has 0 aromatic carbocycles. The van der Waals surface area contributed by atoms with Crippen LogP contribution in [0.2, 0.25) is 0 Å². The van der Waals surface area contributed by atoms with Crippen molar-refractivity contribution in [2.24, 2.45) is 0 Å². The Morgan fingerprint density at radius 2 is 1.95 bits per heavy atom. The fourth-order valence-corrected chi connectivity index (χ4v) is 1.91. The lowest BCUT2D eigenvalue weighted by atomic mass is 10.2. The van der Waals surface area contributed by atoms with E-state index in [1.165, 1.54) is 12.4 Å². The molecule has 0 bridgehead atoms. The summed E-state index contributed by atoms with van der Waals surface area (Å²) in [6.45, 7) is 6.36. The average molecular weight is 275 g/mol. The van der Waals surface area contributed by atoms with Gasteiger partial charge in [-0.3, -0.25) is 9.59 Å². The summed E-state index contributed by atoms with van der Waals surface area (Å²) in [5, 5.41) is 2.94. The number of carbonyl (C=O) groups excluding carboxylic acids is 2. The molecule has 0 atom stereocenters. The highest BCUT2D eigenvalue weighted by molar-refractivity contribution is 5.93. The van der Waals surface area contributed by atoms with E-state index in [9.17, 15) is 9.59 Å². The summed E-state index contributed by atoms with van der Waals surface area (Å²) in [6, 6.07) is 0. The Labute approximate surface area is 117 Å². The first kappa shape index (κ1) is 14.0. The first-order chi connectivity index (χ1) is 9.74. The van der Waals surface area contributed by atoms with Gasteiger partial charge in [0.25, 0.3) is 5.91 Å². The molecule has 106 valence electrons. The first-order valence-corrected chi connectivity index (χ1v) is 6.40. The Bertz CT molecular complexity index is 480. The van der Waals surface area contributed by atoms with Crippen LogP contribution in [0.1, 0.15) is 10.4 Å². The van der Waals surface area contributed by atoms with E-state index in [0.717, 1.165) is 6.41 Å². The van der Waals surface area contributed by atoms with Crippen LogP contribution in [0.25, 0.3) is 0 Å². The second-order valence-corrected chi connectivity index (χ2v) is 4.40. The van der Waals surface area contributed by atoms with Crippen LogP contribution in [0, 0.1) is 0 Å². The third kappa shape index (κ3) is 3.31. The molecular formula is C13H17N5O2. The van der Waals surface area contributed by atoms with Gasteiger partial charge in [-0.2, -0.15) is 0 Å². The van der Waals surface area contributed by atoms with E-state index in [1.807, 2.05) is 0 Å². The summed E-state index contributed by atoms with van der Waals surface area (Å²) in [6.07, 6.45) is 5.53. The van der Waals surface area contributed by atoms with Crippen molar-refractivity contribution in [2.75, 3.05) is 38.0 Å². The predicted molar refractivity (Wildman–Crippen MR) is 74.3 cm³/mol. The summed E-state index contributed by atoms with van der Waals surface area (Å²) >= 11 is 0. The van der Waals surface area contributed by atoms with Crippen molar-refractivity contribution in [1.29, 1.82) is 0 Å². The number of hydrogen-bond acceptors (Lipinski definition) is 5. The van der Waals surface area contributed by atoms with E-state index < -0.39 is 0 Å². The fraction of sp³-hybridized carbons (Fsp3) is 0.385. The van der Waals surface area contributed by atoms with Gasteiger partial charge >= 0.3 is 0 Å². The molecule has 1 fully saturated rings. The quantitative estimate of drug-likeness (QED) is 0.604. The van der Waals surface area contributed by atoms with Gasteiger partial charge in [-0.1, -0.05) is 6.08 Å². The monoisotopic (exact) mass is 275 g/mol. The van der Waals surface area contributed by atoms with Gasteiger partial charge in [-0.15, -0.1) is 6.58 Å². The Kier molecular flexibility index (Phi) is 4.65. The van der Waals surface area contributed by atoms with Gasteiger partial charge < -0.3 is 15.1 Å². The number of rotatable bonds is 5. The molecule has 7 nitrogen and oxygen atoms in total. The zero-order chi connectivity index (χ0) is 14.4. The van der Waals surface area contributed by atoms with Gasteiger partial charge in [0.15, 0.2) is 0 Å². The number of aromatic nitrogens is 2. The summed E-state index contributed by atoms with van der Waals surface area (Å²) < 4.78 is 0. The van der Waals surface area contributed by atoms with E-state index in [2.05, 4.69) is 21.9 Å². The van der Waals surface area contributed by atoms with Gasteiger partial charge in [0.05, 0.1) is 5.56 Å². The number of carbonyl (C=O) groups is 2. The van der Waals surface area contributed by atoms with Crippen LogP contribution >= 0.6 is 0 Å². The molecule has 0 aliphatic carbocycles. The minimum Gasteiger partial charge on any atom is -0.351 e. The second-order valence-electron chi connectivity index (χ2n) is 4.40. The topological polar surface area (TPSA) is 78.4 Å². The Morgan fingerprint density at radius 1 is 1.30 bits per heavy atom. The molecule has 1 aromatic heterocycles. The number of amides is 2. The smallest absolute Gasteiger partial charge is 0.257 e. The number of anilines is 1. The van der Waals surface area contributed by atoms with Crippen molar-refractivity contribution < 1.29 is 9.59 Å². The molecule has 2 amide bonds. The maximum absolute atomic E-state index is 12.2. The minimum atomic E-state index is -0.106. The highest BCUT2D eigenvalue weighted by Crippen LogP contribution is 2.07. The number of hydrogen-bond donors (Lipinski definition) is 1. The van der Waals surface area contributed by atoms with Crippen molar-refractivity contribution >= 4 is 18.3 Å². The highest BCUT2D eigenvalue weighted by Gasteiger charge is 2.21. The zero-order valence-corrected chi connectivity index (χ0v) is 11.2. The summed E-state index contributed by atoms with van der Waals surface area (Å²) in [4.78, 5) is 34.4. The SMILES string of the molecule is C=CCNc1ncc(C(=O)N2CCN(C=O)CC2)cn1. The first-order valence-electron chi connectivity index (χ1n) is 6.40.